The van der Waals surface area contributed by atoms with Crippen LogP contribution >= 0.6 is 11.6 Å². The molecule has 2 aromatic carbocycles. The van der Waals surface area contributed by atoms with Crippen molar-refractivity contribution in [3.05, 3.63) is 75.8 Å². The maximum atomic E-state index is 12.2. The summed E-state index contributed by atoms with van der Waals surface area (Å²) in [6.45, 7) is 4.83. The molecule has 1 amide bonds. The monoisotopic (exact) mass is 390 g/mol. The molecule has 1 unspecified atom stereocenters. The molecule has 0 bridgehead atoms. The zero-order valence-corrected chi connectivity index (χ0v) is 15.7. The van der Waals surface area contributed by atoms with Gasteiger partial charge in [-0.25, -0.2) is 0 Å². The fourth-order valence-electron chi connectivity index (χ4n) is 2.50. The predicted octanol–water partition coefficient (Wildman–Crippen LogP) is 2.47. The van der Waals surface area contributed by atoms with Crippen molar-refractivity contribution in [3.63, 3.8) is 0 Å². The minimum atomic E-state index is -0.575. The molecule has 0 spiro atoms. The normalized spacial score (nSPS) is 11.5. The number of hydrogen-bond acceptors (Lipinski definition) is 4. The topological polar surface area (TPSA) is 85.9 Å². The number of ether oxygens (including phenoxy) is 1. The highest BCUT2D eigenvalue weighted by Gasteiger charge is 2.18. The fraction of sp³-hybridized carbons (Fsp3) is 0.211. The first-order valence-electron chi connectivity index (χ1n) is 8.26. The first kappa shape index (κ1) is 20.4. The van der Waals surface area contributed by atoms with E-state index in [1.165, 1.54) is 18.2 Å². The summed E-state index contributed by atoms with van der Waals surface area (Å²) in [6, 6.07) is 11.7. The molecule has 0 heterocycles. The zero-order valence-electron chi connectivity index (χ0n) is 14.9. The number of nitrogens with zero attached hydrogens (tertiary/aromatic N) is 1. The van der Waals surface area contributed by atoms with Crippen LogP contribution in [0, 0.1) is 10.1 Å². The number of benzene rings is 2. The number of quaternary nitrogens is 1. The van der Waals surface area contributed by atoms with Crippen molar-refractivity contribution in [2.45, 2.75) is 6.54 Å². The number of rotatable bonds is 9. The quantitative estimate of drug-likeness (QED) is 0.391. The summed E-state index contributed by atoms with van der Waals surface area (Å²) < 4.78 is 5.43. The van der Waals surface area contributed by atoms with Gasteiger partial charge in [0.25, 0.3) is 11.6 Å². The third-order valence-electron chi connectivity index (χ3n) is 3.69. The molecule has 0 aliphatic carbocycles. The highest BCUT2D eigenvalue weighted by Crippen LogP contribution is 2.27. The van der Waals surface area contributed by atoms with E-state index in [0.717, 1.165) is 16.2 Å². The first-order chi connectivity index (χ1) is 12.9. The van der Waals surface area contributed by atoms with Gasteiger partial charge in [0.1, 0.15) is 24.6 Å². The molecule has 8 heteroatoms. The molecule has 0 aliphatic rings. The van der Waals surface area contributed by atoms with Crippen LogP contribution in [0.2, 0.25) is 5.02 Å². The second-order valence-electron chi connectivity index (χ2n) is 6.02. The number of likely N-dealkylation sites (N-methyl/N-ethyl adjacent to an activating group) is 1. The van der Waals surface area contributed by atoms with Gasteiger partial charge < -0.3 is 15.0 Å². The lowest BCUT2D eigenvalue weighted by Gasteiger charge is -2.14. The van der Waals surface area contributed by atoms with E-state index in [2.05, 4.69) is 11.9 Å². The van der Waals surface area contributed by atoms with Crippen LogP contribution in [0.4, 0.5) is 11.4 Å². The van der Waals surface area contributed by atoms with Gasteiger partial charge in [-0.1, -0.05) is 24.3 Å². The molecule has 0 aromatic heterocycles. The van der Waals surface area contributed by atoms with Gasteiger partial charge in [-0.05, 0) is 36.4 Å². The molecule has 27 heavy (non-hydrogen) atoms. The number of carbonyl (C=O) groups is 1. The lowest BCUT2D eigenvalue weighted by molar-refractivity contribution is -0.885. The van der Waals surface area contributed by atoms with Crippen molar-refractivity contribution in [2.24, 2.45) is 0 Å². The van der Waals surface area contributed by atoms with Gasteiger partial charge in [-0.3, -0.25) is 14.9 Å². The smallest absolute Gasteiger partial charge is 0.294 e. The Hall–Kier alpha value is -2.90. The van der Waals surface area contributed by atoms with Gasteiger partial charge >= 0.3 is 0 Å². The summed E-state index contributed by atoms with van der Waals surface area (Å²) >= 11 is 5.78. The van der Waals surface area contributed by atoms with Crippen LogP contribution in [0.25, 0.3) is 0 Å². The van der Waals surface area contributed by atoms with Crippen molar-refractivity contribution in [3.8, 4) is 5.75 Å². The Morgan fingerprint density at radius 3 is 2.67 bits per heavy atom. The second kappa shape index (κ2) is 9.70. The van der Waals surface area contributed by atoms with Gasteiger partial charge in [0, 0.05) is 16.7 Å². The van der Waals surface area contributed by atoms with Gasteiger partial charge in [0.15, 0.2) is 6.54 Å². The van der Waals surface area contributed by atoms with Crippen LogP contribution in [-0.4, -0.2) is 31.0 Å². The van der Waals surface area contributed by atoms with E-state index in [1.54, 1.807) is 6.08 Å². The number of nitro groups is 1. The lowest BCUT2D eigenvalue weighted by atomic mass is 10.2. The maximum absolute atomic E-state index is 12.2. The summed E-state index contributed by atoms with van der Waals surface area (Å²) in [7, 11) is 1.87. The van der Waals surface area contributed by atoms with Crippen molar-refractivity contribution in [1.29, 1.82) is 0 Å². The Morgan fingerprint density at radius 2 is 2.04 bits per heavy atom. The Kier molecular flexibility index (Phi) is 7.34. The highest BCUT2D eigenvalue weighted by molar-refractivity contribution is 6.31. The van der Waals surface area contributed by atoms with Crippen molar-refractivity contribution >= 4 is 28.9 Å². The minimum Gasteiger partial charge on any atom is -0.490 e. The van der Waals surface area contributed by atoms with Gasteiger partial charge in [0.05, 0.1) is 12.0 Å². The van der Waals surface area contributed by atoms with Gasteiger partial charge in [-0.2, -0.15) is 0 Å². The van der Waals surface area contributed by atoms with Crippen LogP contribution in [0.5, 0.6) is 5.75 Å². The molecule has 0 radical (unpaired) electrons. The molecule has 0 aliphatic heterocycles. The number of hydrogen-bond donors (Lipinski definition) is 2. The predicted molar refractivity (Wildman–Crippen MR) is 104 cm³/mol. The van der Waals surface area contributed by atoms with Crippen LogP contribution in [-0.2, 0) is 11.3 Å². The van der Waals surface area contributed by atoms with E-state index in [1.807, 2.05) is 31.3 Å². The number of nitro benzene ring substituents is 1. The SMILES string of the molecule is C=CCOc1ccc(C[NH+](C)CC(=O)Nc2ccc(Cl)cc2[N+](=O)[O-])cc1. The van der Waals surface area contributed by atoms with E-state index in [-0.39, 0.29) is 28.8 Å². The van der Waals surface area contributed by atoms with Crippen molar-refractivity contribution in [2.75, 3.05) is 25.5 Å². The number of carbonyl (C=O) groups excluding carboxylic acids is 1. The van der Waals surface area contributed by atoms with E-state index >= 15 is 0 Å². The van der Waals surface area contributed by atoms with E-state index in [0.29, 0.717) is 13.2 Å². The van der Waals surface area contributed by atoms with E-state index in [4.69, 9.17) is 16.3 Å². The Bertz CT molecular complexity index is 824. The molecular formula is C19H21ClN3O4+. The van der Waals surface area contributed by atoms with E-state index in [9.17, 15) is 14.9 Å². The molecule has 0 saturated heterocycles. The number of nitrogens with one attached hydrogen (secondary N) is 2. The van der Waals surface area contributed by atoms with Crippen LogP contribution in [0.1, 0.15) is 5.56 Å². The molecule has 1 atom stereocenters. The number of halogens is 1. The van der Waals surface area contributed by atoms with Crippen LogP contribution in [0.15, 0.2) is 55.1 Å². The van der Waals surface area contributed by atoms with Gasteiger partial charge in [0.2, 0.25) is 0 Å². The Morgan fingerprint density at radius 1 is 1.33 bits per heavy atom. The molecule has 2 N–H and O–H groups in total. The second-order valence-corrected chi connectivity index (χ2v) is 6.46. The lowest BCUT2D eigenvalue weighted by Crippen LogP contribution is -3.08. The Labute approximate surface area is 162 Å². The largest absolute Gasteiger partial charge is 0.490 e. The highest BCUT2D eigenvalue weighted by atomic mass is 35.5. The average molecular weight is 391 g/mol. The van der Waals surface area contributed by atoms with E-state index < -0.39 is 4.92 Å². The molecule has 142 valence electrons. The minimum absolute atomic E-state index is 0.130. The summed E-state index contributed by atoms with van der Waals surface area (Å²) in [5.41, 5.74) is 0.943. The molecule has 0 saturated carbocycles. The standard InChI is InChI=1S/C19H20ClN3O4/c1-3-10-27-16-7-4-14(5-8-16)12-22(2)13-19(24)21-17-9-6-15(20)11-18(17)23(25)26/h3-9,11H,1,10,12-13H2,2H3,(H,21,24)/p+1. The summed E-state index contributed by atoms with van der Waals surface area (Å²) in [5, 5.41) is 13.9. The first-order valence-corrected chi connectivity index (χ1v) is 8.64. The van der Waals surface area contributed by atoms with Crippen LogP contribution < -0.4 is 15.0 Å². The summed E-state index contributed by atoms with van der Waals surface area (Å²) in [6.07, 6.45) is 1.68. The molecule has 0 fully saturated rings. The molecule has 7 nitrogen and oxygen atoms in total. The fourth-order valence-corrected chi connectivity index (χ4v) is 2.67. The van der Waals surface area contributed by atoms with Crippen molar-refractivity contribution < 1.29 is 19.4 Å². The van der Waals surface area contributed by atoms with Crippen molar-refractivity contribution in [1.82, 2.24) is 0 Å². The third kappa shape index (κ3) is 6.40. The molecular weight excluding hydrogens is 370 g/mol. The third-order valence-corrected chi connectivity index (χ3v) is 3.93. The number of amides is 1. The summed E-state index contributed by atoms with van der Waals surface area (Å²) in [5.74, 6) is 0.438. The van der Waals surface area contributed by atoms with Crippen LogP contribution in [0.3, 0.4) is 0 Å². The Balaban J connectivity index is 1.92. The van der Waals surface area contributed by atoms with Gasteiger partial charge in [-0.15, -0.1) is 0 Å². The average Bonchev–Trinajstić information content (AvgIpc) is 2.62. The molecule has 2 aromatic rings. The zero-order chi connectivity index (χ0) is 19.8. The molecule has 2 rings (SSSR count). The summed E-state index contributed by atoms with van der Waals surface area (Å²) in [4.78, 5) is 23.7. The maximum Gasteiger partial charge on any atom is 0.294 e. The number of anilines is 1.